The van der Waals surface area contributed by atoms with Gasteiger partial charge in [0.15, 0.2) is 0 Å². The lowest BCUT2D eigenvalue weighted by molar-refractivity contribution is -0.137. The lowest BCUT2D eigenvalue weighted by Gasteiger charge is -2.08. The number of benzene rings is 1. The fourth-order valence-corrected chi connectivity index (χ4v) is 2.69. The number of nitrogens with one attached hydrogen (secondary N) is 1. The fraction of sp³-hybridized carbons (Fsp3) is 0.278. The number of anilines is 1. The normalized spacial score (nSPS) is 11.8. The van der Waals surface area contributed by atoms with E-state index in [9.17, 15) is 26.7 Å². The van der Waals surface area contributed by atoms with Crippen LogP contribution in [0.4, 0.5) is 27.6 Å². The second-order valence-corrected chi connectivity index (χ2v) is 6.34. The van der Waals surface area contributed by atoms with E-state index >= 15 is 0 Å². The van der Waals surface area contributed by atoms with E-state index < -0.39 is 29.8 Å². The Kier molecular flexibility index (Phi) is 5.66. The molecule has 2 aromatic heterocycles. The van der Waals surface area contributed by atoms with Gasteiger partial charge < -0.3 is 5.32 Å². The summed E-state index contributed by atoms with van der Waals surface area (Å²) in [5.74, 6) is -0.504. The summed E-state index contributed by atoms with van der Waals surface area (Å²) >= 11 is 0. The highest BCUT2D eigenvalue weighted by Gasteiger charge is 2.30. The summed E-state index contributed by atoms with van der Waals surface area (Å²) in [7, 11) is 0. The highest BCUT2D eigenvalue weighted by atomic mass is 19.4. The van der Waals surface area contributed by atoms with Crippen molar-refractivity contribution in [3.8, 4) is 0 Å². The third-order valence-electron chi connectivity index (χ3n) is 4.03. The highest BCUT2D eigenvalue weighted by Crippen LogP contribution is 2.29. The Morgan fingerprint density at radius 1 is 1.24 bits per heavy atom. The van der Waals surface area contributed by atoms with Crippen molar-refractivity contribution in [2.75, 3.05) is 5.32 Å². The molecule has 3 aromatic rings. The maximum absolute atomic E-state index is 12.8. The number of alkyl halides is 5. The molecule has 0 saturated carbocycles. The predicted octanol–water partition coefficient (Wildman–Crippen LogP) is 4.03. The van der Waals surface area contributed by atoms with Gasteiger partial charge in [0, 0.05) is 11.9 Å². The zero-order valence-electron chi connectivity index (χ0n) is 15.1. The van der Waals surface area contributed by atoms with Crippen LogP contribution in [0, 0.1) is 6.92 Å². The van der Waals surface area contributed by atoms with Crippen LogP contribution in [0.3, 0.4) is 0 Å². The summed E-state index contributed by atoms with van der Waals surface area (Å²) in [6, 6.07) is 6.06. The van der Waals surface area contributed by atoms with Crippen LogP contribution in [0.1, 0.15) is 28.9 Å². The van der Waals surface area contributed by atoms with Gasteiger partial charge in [0.25, 0.3) is 6.43 Å². The lowest BCUT2D eigenvalue weighted by atomic mass is 10.1. The number of halogens is 5. The molecule has 29 heavy (non-hydrogen) atoms. The standard InChI is InChI=1S/C18H16F5N5O/c1-11-5-15(17(19)20)26-28(11)10-16(29)25-14-7-24-27(9-14)8-12-3-2-4-13(6-12)18(21,22)23/h2-7,9,17H,8,10H2,1H3,(H,25,29). The first-order valence-corrected chi connectivity index (χ1v) is 8.43. The number of hydrogen-bond donors (Lipinski definition) is 1. The molecule has 1 amide bonds. The summed E-state index contributed by atoms with van der Waals surface area (Å²) < 4.78 is 66.2. The van der Waals surface area contributed by atoms with Crippen molar-refractivity contribution in [3.05, 3.63) is 65.2 Å². The Bertz CT molecular complexity index is 1010. The molecule has 0 spiro atoms. The van der Waals surface area contributed by atoms with Gasteiger partial charge in [-0.15, -0.1) is 0 Å². The van der Waals surface area contributed by atoms with Gasteiger partial charge in [-0.3, -0.25) is 14.2 Å². The Balaban J connectivity index is 1.62. The van der Waals surface area contributed by atoms with E-state index in [0.29, 0.717) is 16.9 Å². The smallest absolute Gasteiger partial charge is 0.322 e. The molecule has 0 unspecified atom stereocenters. The number of aromatic nitrogens is 4. The van der Waals surface area contributed by atoms with Gasteiger partial charge in [0.1, 0.15) is 12.2 Å². The molecular formula is C18H16F5N5O. The molecule has 0 aliphatic carbocycles. The molecule has 1 N–H and O–H groups in total. The van der Waals surface area contributed by atoms with Crippen LogP contribution in [0.5, 0.6) is 0 Å². The van der Waals surface area contributed by atoms with Crippen molar-refractivity contribution in [1.82, 2.24) is 19.6 Å². The molecule has 11 heteroatoms. The summed E-state index contributed by atoms with van der Waals surface area (Å²) in [6.45, 7) is 1.37. The molecule has 0 aliphatic rings. The van der Waals surface area contributed by atoms with Gasteiger partial charge in [-0.1, -0.05) is 12.1 Å². The second kappa shape index (κ2) is 8.02. The van der Waals surface area contributed by atoms with E-state index in [-0.39, 0.29) is 13.1 Å². The number of amides is 1. The van der Waals surface area contributed by atoms with E-state index in [0.717, 1.165) is 16.8 Å². The molecule has 1 aromatic carbocycles. The summed E-state index contributed by atoms with van der Waals surface area (Å²) in [5.41, 5.74) is -0.0401. The maximum atomic E-state index is 12.8. The van der Waals surface area contributed by atoms with Crippen LogP contribution < -0.4 is 5.32 Å². The highest BCUT2D eigenvalue weighted by molar-refractivity contribution is 5.90. The molecule has 0 saturated heterocycles. The van der Waals surface area contributed by atoms with Gasteiger partial charge >= 0.3 is 6.18 Å². The van der Waals surface area contributed by atoms with E-state index in [2.05, 4.69) is 15.5 Å². The molecule has 2 heterocycles. The summed E-state index contributed by atoms with van der Waals surface area (Å²) in [4.78, 5) is 12.1. The average molecular weight is 413 g/mol. The minimum Gasteiger partial charge on any atom is -0.322 e. The fourth-order valence-electron chi connectivity index (χ4n) is 2.69. The maximum Gasteiger partial charge on any atom is 0.416 e. The molecular weight excluding hydrogens is 397 g/mol. The van der Waals surface area contributed by atoms with Crippen LogP contribution in [-0.2, 0) is 24.1 Å². The van der Waals surface area contributed by atoms with Crippen molar-refractivity contribution in [3.63, 3.8) is 0 Å². The third kappa shape index (κ3) is 5.18. The lowest BCUT2D eigenvalue weighted by Crippen LogP contribution is -2.20. The van der Waals surface area contributed by atoms with Gasteiger partial charge in [-0.05, 0) is 30.7 Å². The van der Waals surface area contributed by atoms with Gasteiger partial charge in [0.05, 0.1) is 24.0 Å². The number of carbonyl (C=O) groups is 1. The van der Waals surface area contributed by atoms with Crippen LogP contribution in [0.25, 0.3) is 0 Å². The van der Waals surface area contributed by atoms with Gasteiger partial charge in [-0.25, -0.2) is 8.78 Å². The van der Waals surface area contributed by atoms with Crippen LogP contribution in [0.2, 0.25) is 0 Å². The molecule has 154 valence electrons. The number of hydrogen-bond acceptors (Lipinski definition) is 3. The molecule has 0 atom stereocenters. The van der Waals surface area contributed by atoms with Crippen LogP contribution >= 0.6 is 0 Å². The van der Waals surface area contributed by atoms with Crippen molar-refractivity contribution in [2.45, 2.75) is 32.6 Å². The van der Waals surface area contributed by atoms with Crippen molar-refractivity contribution < 1.29 is 26.7 Å². The minimum atomic E-state index is -4.44. The molecule has 6 nitrogen and oxygen atoms in total. The quantitative estimate of drug-likeness (QED) is 0.621. The number of carbonyl (C=O) groups excluding carboxylic acids is 1. The van der Waals surface area contributed by atoms with Gasteiger partial charge in [0.2, 0.25) is 5.91 Å². The van der Waals surface area contributed by atoms with E-state index in [1.165, 1.54) is 35.3 Å². The first-order chi connectivity index (χ1) is 13.6. The first-order valence-electron chi connectivity index (χ1n) is 8.43. The monoisotopic (exact) mass is 413 g/mol. The zero-order chi connectivity index (χ0) is 21.2. The molecule has 3 rings (SSSR count). The predicted molar refractivity (Wildman–Crippen MR) is 93.3 cm³/mol. The SMILES string of the molecule is Cc1cc(C(F)F)nn1CC(=O)Nc1cnn(Cc2cccc(C(F)(F)F)c2)c1. The Morgan fingerprint density at radius 3 is 2.66 bits per heavy atom. The number of rotatable bonds is 6. The Labute approximate surface area is 161 Å². The second-order valence-electron chi connectivity index (χ2n) is 6.34. The van der Waals surface area contributed by atoms with Crippen LogP contribution in [-0.4, -0.2) is 25.5 Å². The summed E-state index contributed by atoms with van der Waals surface area (Å²) in [5, 5.41) is 10.2. The van der Waals surface area contributed by atoms with E-state index in [1.54, 1.807) is 6.92 Å². The van der Waals surface area contributed by atoms with E-state index in [4.69, 9.17) is 0 Å². The molecule has 0 fully saturated rings. The first kappa shape index (κ1) is 20.5. The molecule has 0 aliphatic heterocycles. The van der Waals surface area contributed by atoms with Crippen molar-refractivity contribution in [1.29, 1.82) is 0 Å². The molecule has 0 radical (unpaired) electrons. The molecule has 0 bridgehead atoms. The zero-order valence-corrected chi connectivity index (χ0v) is 15.1. The minimum absolute atomic E-state index is 0.0792. The van der Waals surface area contributed by atoms with Crippen molar-refractivity contribution >= 4 is 11.6 Å². The summed E-state index contributed by atoms with van der Waals surface area (Å²) in [6.07, 6.45) is -4.37. The van der Waals surface area contributed by atoms with E-state index in [1.807, 2.05) is 0 Å². The van der Waals surface area contributed by atoms with Crippen LogP contribution in [0.15, 0.2) is 42.7 Å². The van der Waals surface area contributed by atoms with Gasteiger partial charge in [-0.2, -0.15) is 23.4 Å². The number of aryl methyl sites for hydroxylation is 1. The third-order valence-corrected chi connectivity index (χ3v) is 4.03. The average Bonchev–Trinajstić information content (AvgIpc) is 3.21. The Morgan fingerprint density at radius 2 is 2.00 bits per heavy atom. The van der Waals surface area contributed by atoms with Crippen molar-refractivity contribution in [2.24, 2.45) is 0 Å². The number of nitrogens with zero attached hydrogens (tertiary/aromatic N) is 4. The topological polar surface area (TPSA) is 64.7 Å². The largest absolute Gasteiger partial charge is 0.416 e. The Hall–Kier alpha value is -3.24.